The number of fused-ring (bicyclic) bond motifs is 3. The topological polar surface area (TPSA) is 125 Å². The minimum atomic E-state index is -1.49. The van der Waals surface area contributed by atoms with Crippen LogP contribution in [0.3, 0.4) is 0 Å². The Kier molecular flexibility index (Phi) is 7.04. The fourth-order valence-corrected chi connectivity index (χ4v) is 4.28. The molecule has 0 saturated heterocycles. The van der Waals surface area contributed by atoms with Crippen molar-refractivity contribution >= 4 is 35.3 Å². The molecule has 1 aliphatic rings. The summed E-state index contributed by atoms with van der Waals surface area (Å²) < 4.78 is 5.51. The van der Waals surface area contributed by atoms with E-state index in [9.17, 15) is 19.5 Å². The number of rotatable bonds is 7. The van der Waals surface area contributed by atoms with Gasteiger partial charge in [-0.1, -0.05) is 60.1 Å². The number of ether oxygens (including phenoxy) is 1. The van der Waals surface area contributed by atoms with Gasteiger partial charge >= 0.3 is 12.1 Å². The van der Waals surface area contributed by atoms with E-state index in [1.165, 1.54) is 25.1 Å². The Labute approximate surface area is 206 Å². The maximum Gasteiger partial charge on any atom is 0.411 e. The number of carboxylic acids is 1. The molecule has 2 unspecified atom stereocenters. The lowest BCUT2D eigenvalue weighted by Gasteiger charge is -2.18. The molecule has 35 heavy (non-hydrogen) atoms. The van der Waals surface area contributed by atoms with Crippen molar-refractivity contribution < 1.29 is 29.3 Å². The lowest BCUT2D eigenvalue weighted by molar-refractivity contribution is -0.141. The van der Waals surface area contributed by atoms with Crippen molar-refractivity contribution in [1.29, 1.82) is 0 Å². The highest BCUT2D eigenvalue weighted by Crippen LogP contribution is 2.44. The SMILES string of the molecule is CC(O)C(NC(=O)c1ccc(Cl)c(NC(=O)OCC2c3ccccc3-c3ccccc32)c1)C(=O)O. The van der Waals surface area contributed by atoms with Gasteiger partial charge in [-0.3, -0.25) is 10.1 Å². The van der Waals surface area contributed by atoms with E-state index in [1.807, 2.05) is 48.5 Å². The number of aliphatic carboxylic acids is 1. The highest BCUT2D eigenvalue weighted by molar-refractivity contribution is 6.33. The molecule has 3 aromatic rings. The van der Waals surface area contributed by atoms with Crippen LogP contribution in [0.5, 0.6) is 0 Å². The van der Waals surface area contributed by atoms with E-state index in [0.717, 1.165) is 22.3 Å². The van der Waals surface area contributed by atoms with Crippen LogP contribution in [-0.4, -0.2) is 46.9 Å². The van der Waals surface area contributed by atoms with E-state index in [4.69, 9.17) is 21.4 Å². The van der Waals surface area contributed by atoms with Crippen LogP contribution in [-0.2, 0) is 9.53 Å². The summed E-state index contributed by atoms with van der Waals surface area (Å²) in [6.45, 7) is 1.36. The molecule has 0 heterocycles. The standard InChI is InChI=1S/C26H23ClN2O6/c1-14(30)23(25(32)33)29-24(31)15-10-11-21(27)22(12-15)28-26(34)35-13-20-18-8-4-2-6-16(18)17-7-3-5-9-19(17)20/h2-12,14,20,23,30H,13H2,1H3,(H,28,34)(H,29,31)(H,32,33). The molecule has 4 N–H and O–H groups in total. The largest absolute Gasteiger partial charge is 0.480 e. The Morgan fingerprint density at radius 2 is 1.60 bits per heavy atom. The van der Waals surface area contributed by atoms with Crippen molar-refractivity contribution in [2.45, 2.75) is 25.0 Å². The van der Waals surface area contributed by atoms with Crippen molar-refractivity contribution in [1.82, 2.24) is 5.32 Å². The molecule has 0 bridgehead atoms. The van der Waals surface area contributed by atoms with Gasteiger partial charge in [-0.25, -0.2) is 9.59 Å². The van der Waals surface area contributed by atoms with Crippen LogP contribution >= 0.6 is 11.6 Å². The van der Waals surface area contributed by atoms with E-state index in [1.54, 1.807) is 0 Å². The predicted molar refractivity (Wildman–Crippen MR) is 131 cm³/mol. The first kappa shape index (κ1) is 24.3. The normalized spacial score (nSPS) is 13.8. The number of aliphatic hydroxyl groups excluding tert-OH is 1. The first-order valence-electron chi connectivity index (χ1n) is 10.9. The summed E-state index contributed by atoms with van der Waals surface area (Å²) in [5.41, 5.74) is 4.54. The Morgan fingerprint density at radius 3 is 2.17 bits per heavy atom. The summed E-state index contributed by atoms with van der Waals surface area (Å²) in [7, 11) is 0. The van der Waals surface area contributed by atoms with Crippen LogP contribution in [0.25, 0.3) is 11.1 Å². The second-order valence-electron chi connectivity index (χ2n) is 8.18. The first-order chi connectivity index (χ1) is 16.8. The van der Waals surface area contributed by atoms with Crippen LogP contribution < -0.4 is 10.6 Å². The van der Waals surface area contributed by atoms with E-state index in [2.05, 4.69) is 10.6 Å². The highest BCUT2D eigenvalue weighted by Gasteiger charge is 2.29. The number of amides is 2. The maximum atomic E-state index is 12.6. The molecule has 0 spiro atoms. The molecule has 180 valence electrons. The summed E-state index contributed by atoms with van der Waals surface area (Å²) in [6.07, 6.45) is -2.05. The molecule has 0 radical (unpaired) electrons. The predicted octanol–water partition coefficient (Wildman–Crippen LogP) is 4.26. The number of anilines is 1. The zero-order chi connectivity index (χ0) is 25.1. The fourth-order valence-electron chi connectivity index (χ4n) is 4.12. The number of carbonyl (C=O) groups excluding carboxylic acids is 2. The molecule has 3 aromatic carbocycles. The molecule has 0 aliphatic heterocycles. The Balaban J connectivity index is 1.45. The van der Waals surface area contributed by atoms with E-state index in [-0.39, 0.29) is 28.8 Å². The van der Waals surface area contributed by atoms with Gasteiger partial charge in [0.15, 0.2) is 6.04 Å². The number of carboxylic acid groups (broad SMARTS) is 1. The monoisotopic (exact) mass is 494 g/mol. The Morgan fingerprint density at radius 1 is 1.00 bits per heavy atom. The quantitative estimate of drug-likeness (QED) is 0.389. The van der Waals surface area contributed by atoms with Crippen molar-refractivity contribution in [3.63, 3.8) is 0 Å². The van der Waals surface area contributed by atoms with E-state index < -0.39 is 30.1 Å². The molecular weight excluding hydrogens is 472 g/mol. The smallest absolute Gasteiger partial charge is 0.411 e. The average Bonchev–Trinajstić information content (AvgIpc) is 3.15. The van der Waals surface area contributed by atoms with Crippen molar-refractivity contribution in [2.24, 2.45) is 0 Å². The highest BCUT2D eigenvalue weighted by atomic mass is 35.5. The van der Waals surface area contributed by atoms with Gasteiger partial charge in [0.1, 0.15) is 6.61 Å². The number of nitrogens with one attached hydrogen (secondary N) is 2. The van der Waals surface area contributed by atoms with Crippen molar-refractivity contribution in [2.75, 3.05) is 11.9 Å². The third kappa shape index (κ3) is 5.13. The molecule has 0 saturated carbocycles. The minimum Gasteiger partial charge on any atom is -0.480 e. The summed E-state index contributed by atoms with van der Waals surface area (Å²) in [5, 5.41) is 23.7. The Hall–Kier alpha value is -3.88. The van der Waals surface area contributed by atoms with E-state index in [0.29, 0.717) is 0 Å². The number of carbonyl (C=O) groups is 3. The summed E-state index contributed by atoms with van der Waals surface area (Å²) >= 11 is 6.18. The first-order valence-corrected chi connectivity index (χ1v) is 11.3. The third-order valence-electron chi connectivity index (χ3n) is 5.84. The van der Waals surface area contributed by atoms with Gasteiger partial charge < -0.3 is 20.3 Å². The average molecular weight is 495 g/mol. The molecular formula is C26H23ClN2O6. The maximum absolute atomic E-state index is 12.6. The van der Waals surface area contributed by atoms with Crippen molar-refractivity contribution in [3.05, 3.63) is 88.4 Å². The van der Waals surface area contributed by atoms with Crippen LogP contribution in [0.15, 0.2) is 66.7 Å². The van der Waals surface area contributed by atoms with Gasteiger partial charge in [-0.15, -0.1) is 0 Å². The minimum absolute atomic E-state index is 0.0512. The molecule has 2 amide bonds. The van der Waals surface area contributed by atoms with E-state index >= 15 is 0 Å². The van der Waals surface area contributed by atoms with Gasteiger partial charge in [-0.05, 0) is 47.4 Å². The molecule has 0 aromatic heterocycles. The van der Waals surface area contributed by atoms with Crippen LogP contribution in [0, 0.1) is 0 Å². The molecule has 9 heteroatoms. The zero-order valence-corrected chi connectivity index (χ0v) is 19.5. The third-order valence-corrected chi connectivity index (χ3v) is 6.17. The number of benzene rings is 3. The van der Waals surface area contributed by atoms with Gasteiger partial charge in [0, 0.05) is 11.5 Å². The molecule has 1 aliphatic carbocycles. The molecule has 2 atom stereocenters. The summed E-state index contributed by atoms with van der Waals surface area (Å²) in [5.74, 6) is -2.24. The molecule has 0 fully saturated rings. The van der Waals surface area contributed by atoms with Crippen LogP contribution in [0.4, 0.5) is 10.5 Å². The zero-order valence-electron chi connectivity index (χ0n) is 18.7. The van der Waals surface area contributed by atoms with Crippen LogP contribution in [0.2, 0.25) is 5.02 Å². The molecule has 4 rings (SSSR count). The van der Waals surface area contributed by atoms with Gasteiger partial charge in [0.25, 0.3) is 5.91 Å². The van der Waals surface area contributed by atoms with Crippen LogP contribution in [0.1, 0.15) is 34.3 Å². The molecule has 8 nitrogen and oxygen atoms in total. The summed E-state index contributed by atoms with van der Waals surface area (Å²) in [6, 6.07) is 18.5. The second-order valence-corrected chi connectivity index (χ2v) is 8.58. The summed E-state index contributed by atoms with van der Waals surface area (Å²) in [4.78, 5) is 36.3. The number of halogens is 1. The lowest BCUT2D eigenvalue weighted by atomic mass is 9.98. The fraction of sp³-hybridized carbons (Fsp3) is 0.192. The number of hydrogen-bond donors (Lipinski definition) is 4. The Bertz CT molecular complexity index is 1250. The second kappa shape index (κ2) is 10.2. The van der Waals surface area contributed by atoms with Crippen molar-refractivity contribution in [3.8, 4) is 11.1 Å². The number of hydrogen-bond acceptors (Lipinski definition) is 5. The lowest BCUT2D eigenvalue weighted by Crippen LogP contribution is -2.47. The van der Waals surface area contributed by atoms with Gasteiger partial charge in [0.05, 0.1) is 16.8 Å². The van der Waals surface area contributed by atoms with Gasteiger partial charge in [0.2, 0.25) is 0 Å². The van der Waals surface area contributed by atoms with Gasteiger partial charge in [-0.2, -0.15) is 0 Å². The number of aliphatic hydroxyl groups is 1.